The molecule has 32 heavy (non-hydrogen) atoms. The first-order valence-corrected chi connectivity index (χ1v) is 11.5. The largest absolute Gasteiger partial charge is 0.489 e. The lowest BCUT2D eigenvalue weighted by Gasteiger charge is -2.23. The van der Waals surface area contributed by atoms with Gasteiger partial charge < -0.3 is 24.3 Å². The number of fused-ring (bicyclic) bond motifs is 2. The third-order valence-corrected chi connectivity index (χ3v) is 6.86. The zero-order valence-corrected chi connectivity index (χ0v) is 19.0. The van der Waals surface area contributed by atoms with Gasteiger partial charge in [-0.15, -0.1) is 0 Å². The van der Waals surface area contributed by atoms with Crippen LogP contribution < -0.4 is 14.8 Å². The molecule has 172 valence electrons. The molecule has 1 fully saturated rings. The number of anilines is 1. The predicted molar refractivity (Wildman–Crippen MR) is 116 cm³/mol. The van der Waals surface area contributed by atoms with Gasteiger partial charge in [0, 0.05) is 44.0 Å². The number of ether oxygens (including phenoxy) is 2. The third-order valence-electron chi connectivity index (χ3n) is 5.36. The molecule has 0 saturated carbocycles. The number of nitrogens with zero attached hydrogens (tertiary/aromatic N) is 2. The van der Waals surface area contributed by atoms with Crippen molar-refractivity contribution in [3.05, 3.63) is 40.9 Å². The molecular weight excluding hydrogens is 463 g/mol. The van der Waals surface area contributed by atoms with Gasteiger partial charge in [0.05, 0.1) is 18.2 Å². The summed E-state index contributed by atoms with van der Waals surface area (Å²) in [6.45, 7) is 2.94. The monoisotopic (exact) mass is 484 g/mol. The summed E-state index contributed by atoms with van der Waals surface area (Å²) < 4.78 is 42.0. The van der Waals surface area contributed by atoms with Crippen molar-refractivity contribution in [2.24, 2.45) is 13.0 Å². The molecule has 0 radical (unpaired) electrons. The molecule has 2 aromatic rings. The van der Waals surface area contributed by atoms with E-state index in [2.05, 4.69) is 10.0 Å². The van der Waals surface area contributed by atoms with E-state index in [9.17, 15) is 18.2 Å². The molecule has 9 nitrogen and oxygen atoms in total. The molecule has 3 heterocycles. The molecule has 1 aromatic carbocycles. The molecule has 4 rings (SSSR count). The van der Waals surface area contributed by atoms with Gasteiger partial charge in [0.2, 0.25) is 0 Å². The van der Waals surface area contributed by atoms with E-state index in [1.807, 2.05) is 0 Å². The van der Waals surface area contributed by atoms with Crippen LogP contribution in [-0.2, 0) is 22.8 Å². The highest BCUT2D eigenvalue weighted by Crippen LogP contribution is 2.33. The van der Waals surface area contributed by atoms with Crippen molar-refractivity contribution in [1.82, 2.24) is 14.2 Å². The number of aromatic nitrogens is 1. The maximum absolute atomic E-state index is 13.4. The van der Waals surface area contributed by atoms with E-state index in [1.54, 1.807) is 25.1 Å². The number of rotatable bonds is 3. The van der Waals surface area contributed by atoms with E-state index in [-0.39, 0.29) is 41.6 Å². The second kappa shape index (κ2) is 9.08. The molecule has 1 saturated heterocycles. The average Bonchev–Trinajstić information content (AvgIpc) is 3.28. The van der Waals surface area contributed by atoms with Crippen molar-refractivity contribution in [3.8, 4) is 5.75 Å². The van der Waals surface area contributed by atoms with Gasteiger partial charge in [0.1, 0.15) is 21.7 Å². The van der Waals surface area contributed by atoms with Gasteiger partial charge in [0.25, 0.3) is 5.91 Å². The summed E-state index contributed by atoms with van der Waals surface area (Å²) in [5.74, 6) is -1.06. The van der Waals surface area contributed by atoms with E-state index in [1.165, 1.54) is 16.7 Å². The van der Waals surface area contributed by atoms with E-state index < -0.39 is 28.8 Å². The molecule has 3 atom stereocenters. The Hall–Kier alpha value is -2.63. The predicted octanol–water partition coefficient (Wildman–Crippen LogP) is 2.53. The minimum absolute atomic E-state index is 0.120. The highest BCUT2D eigenvalue weighted by atomic mass is 35.5. The van der Waals surface area contributed by atoms with Gasteiger partial charge in [0.15, 0.2) is 11.4 Å². The van der Waals surface area contributed by atoms with Crippen molar-refractivity contribution in [1.29, 1.82) is 0 Å². The van der Waals surface area contributed by atoms with Crippen molar-refractivity contribution in [2.75, 3.05) is 31.6 Å². The Kier molecular flexibility index (Phi) is 6.40. The van der Waals surface area contributed by atoms with E-state index in [0.717, 1.165) is 6.07 Å². The molecule has 2 aliphatic rings. The number of likely N-dealkylation sites (tertiary alicyclic amines) is 1. The number of nitrogens with one attached hydrogen (secondary N) is 2. The fourth-order valence-corrected chi connectivity index (χ4v) is 5.23. The van der Waals surface area contributed by atoms with Gasteiger partial charge in [-0.3, -0.25) is 4.79 Å². The lowest BCUT2D eigenvalue weighted by atomic mass is 10.1. The first-order chi connectivity index (χ1) is 15.3. The number of aryl methyl sites for hydroxylation is 1. The van der Waals surface area contributed by atoms with Crippen molar-refractivity contribution < 1.29 is 27.7 Å². The standard InChI is InChI=1S/C20H22ClFN4O5S/c1-3-30-20(28)26-7-11-10-31-18-16(32(29)24-15(11)8-26)9-25(2)17(18)19(27)23-12-4-5-14(22)13(21)6-12/h4-6,9,11,15,24H,3,7-8,10H2,1-2H3,(H,23,27). The van der Waals surface area contributed by atoms with Crippen LogP contribution in [0.1, 0.15) is 17.4 Å². The summed E-state index contributed by atoms with van der Waals surface area (Å²) in [6.07, 6.45) is 1.13. The Balaban J connectivity index is 1.56. The topological polar surface area (TPSA) is 102 Å². The van der Waals surface area contributed by atoms with Crippen LogP contribution in [0.25, 0.3) is 0 Å². The quantitative estimate of drug-likeness (QED) is 0.697. The van der Waals surface area contributed by atoms with E-state index >= 15 is 0 Å². The smallest absolute Gasteiger partial charge is 0.409 e. The fourth-order valence-electron chi connectivity index (χ4n) is 3.80. The van der Waals surface area contributed by atoms with Crippen LogP contribution >= 0.6 is 11.6 Å². The minimum Gasteiger partial charge on any atom is -0.489 e. The molecule has 2 aliphatic heterocycles. The molecular formula is C20H22ClFN4O5S. The molecule has 12 heteroatoms. The summed E-state index contributed by atoms with van der Waals surface area (Å²) in [7, 11) is -0.0305. The zero-order valence-electron chi connectivity index (χ0n) is 17.4. The number of halogens is 2. The zero-order chi connectivity index (χ0) is 23.0. The maximum atomic E-state index is 13.4. The van der Waals surface area contributed by atoms with Crippen LogP contribution in [0.3, 0.4) is 0 Å². The summed E-state index contributed by atoms with van der Waals surface area (Å²) in [5, 5.41) is 2.54. The molecule has 0 aliphatic carbocycles. The summed E-state index contributed by atoms with van der Waals surface area (Å²) in [4.78, 5) is 26.9. The van der Waals surface area contributed by atoms with Crippen LogP contribution in [0.5, 0.6) is 5.75 Å². The highest BCUT2D eigenvalue weighted by Gasteiger charge is 2.40. The first kappa shape index (κ1) is 22.6. The highest BCUT2D eigenvalue weighted by molar-refractivity contribution is 7.83. The molecule has 2 amide bonds. The lowest BCUT2D eigenvalue weighted by molar-refractivity contribution is 0.101. The number of amides is 2. The van der Waals surface area contributed by atoms with Gasteiger partial charge in [-0.2, -0.15) is 0 Å². The van der Waals surface area contributed by atoms with E-state index in [0.29, 0.717) is 23.7 Å². The third kappa shape index (κ3) is 4.32. The average molecular weight is 485 g/mol. The molecule has 0 bridgehead atoms. The Labute approximate surface area is 191 Å². The molecule has 2 N–H and O–H groups in total. The first-order valence-electron chi connectivity index (χ1n) is 9.96. The van der Waals surface area contributed by atoms with Crippen LogP contribution in [0.4, 0.5) is 14.9 Å². The SMILES string of the molecule is CCOC(=O)N1CC2COc3c(cn(C)c3C(=O)Nc3ccc(F)c(Cl)c3)S(=O)NC2C1. The number of hydrogen-bond acceptors (Lipinski definition) is 5. The lowest BCUT2D eigenvalue weighted by Crippen LogP contribution is -2.41. The van der Waals surface area contributed by atoms with Crippen molar-refractivity contribution in [2.45, 2.75) is 17.9 Å². The second-order valence-corrected chi connectivity index (χ2v) is 9.15. The molecule has 3 unspecified atom stereocenters. The number of carbonyl (C=O) groups is 2. The second-order valence-electron chi connectivity index (χ2n) is 7.53. The Morgan fingerprint density at radius 1 is 1.41 bits per heavy atom. The maximum Gasteiger partial charge on any atom is 0.409 e. The van der Waals surface area contributed by atoms with Gasteiger partial charge in [-0.25, -0.2) is 18.1 Å². The molecule has 0 spiro atoms. The Morgan fingerprint density at radius 3 is 2.91 bits per heavy atom. The van der Waals surface area contributed by atoms with Crippen molar-refractivity contribution in [3.63, 3.8) is 0 Å². The van der Waals surface area contributed by atoms with Crippen LogP contribution in [0.2, 0.25) is 5.02 Å². The normalized spacial score (nSPS) is 22.2. The summed E-state index contributed by atoms with van der Waals surface area (Å²) in [6, 6.07) is 3.60. The summed E-state index contributed by atoms with van der Waals surface area (Å²) in [5.41, 5.74) is 0.469. The Morgan fingerprint density at radius 2 is 2.19 bits per heavy atom. The van der Waals surface area contributed by atoms with Crippen LogP contribution in [0, 0.1) is 11.7 Å². The van der Waals surface area contributed by atoms with Crippen molar-refractivity contribution >= 4 is 40.3 Å². The number of carbonyl (C=O) groups excluding carboxylic acids is 2. The van der Waals surface area contributed by atoms with Crippen LogP contribution in [0.15, 0.2) is 29.3 Å². The van der Waals surface area contributed by atoms with Crippen LogP contribution in [-0.4, -0.2) is 58.0 Å². The van der Waals surface area contributed by atoms with Gasteiger partial charge in [-0.05, 0) is 25.1 Å². The Bertz CT molecular complexity index is 1090. The summed E-state index contributed by atoms with van der Waals surface area (Å²) >= 11 is 5.79. The fraction of sp³-hybridized carbons (Fsp3) is 0.400. The van der Waals surface area contributed by atoms with Gasteiger partial charge >= 0.3 is 6.09 Å². The minimum atomic E-state index is -1.67. The van der Waals surface area contributed by atoms with Gasteiger partial charge in [-0.1, -0.05) is 11.6 Å². The van der Waals surface area contributed by atoms with E-state index in [4.69, 9.17) is 21.1 Å². The number of benzene rings is 1. The molecule has 1 aromatic heterocycles. The number of hydrogen-bond donors (Lipinski definition) is 2.